The first-order chi connectivity index (χ1) is 11.3. The van der Waals surface area contributed by atoms with Gasteiger partial charge in [0.1, 0.15) is 0 Å². The standard InChI is InChI=1S/C19H26N2O2S/c1-18(2,14-4-3-5-24-14)17(23)21-15-12-6-11-7-13(15)10-19(8-11,9-12)16(20)22/h3-5,11-13,15H,6-10H2,1-2H3,(H2,20,22)(H,21,23). The minimum Gasteiger partial charge on any atom is -0.369 e. The van der Waals surface area contributed by atoms with E-state index < -0.39 is 5.41 Å². The highest BCUT2D eigenvalue weighted by Gasteiger charge is 2.58. The van der Waals surface area contributed by atoms with Gasteiger partial charge in [-0.2, -0.15) is 0 Å². The van der Waals surface area contributed by atoms with Crippen LogP contribution in [-0.2, 0) is 15.0 Å². The summed E-state index contributed by atoms with van der Waals surface area (Å²) in [6.45, 7) is 3.99. The molecule has 5 rings (SSSR count). The summed E-state index contributed by atoms with van der Waals surface area (Å²) >= 11 is 1.63. The van der Waals surface area contributed by atoms with Crippen molar-refractivity contribution < 1.29 is 9.59 Å². The van der Waals surface area contributed by atoms with Gasteiger partial charge in [0.25, 0.3) is 0 Å². The van der Waals surface area contributed by atoms with E-state index in [-0.39, 0.29) is 23.3 Å². The zero-order valence-electron chi connectivity index (χ0n) is 14.4. The van der Waals surface area contributed by atoms with Gasteiger partial charge < -0.3 is 11.1 Å². The van der Waals surface area contributed by atoms with Crippen molar-refractivity contribution in [1.29, 1.82) is 0 Å². The van der Waals surface area contributed by atoms with Gasteiger partial charge >= 0.3 is 0 Å². The van der Waals surface area contributed by atoms with E-state index in [1.165, 1.54) is 0 Å². The molecule has 0 radical (unpaired) electrons. The molecule has 0 aromatic carbocycles. The fourth-order valence-corrected chi connectivity index (χ4v) is 6.49. The van der Waals surface area contributed by atoms with Gasteiger partial charge in [0.15, 0.2) is 0 Å². The Hall–Kier alpha value is -1.36. The molecule has 4 nitrogen and oxygen atoms in total. The van der Waals surface area contributed by atoms with Crippen LogP contribution < -0.4 is 11.1 Å². The largest absolute Gasteiger partial charge is 0.369 e. The van der Waals surface area contributed by atoms with E-state index in [2.05, 4.69) is 5.32 Å². The highest BCUT2D eigenvalue weighted by molar-refractivity contribution is 7.10. The molecule has 24 heavy (non-hydrogen) atoms. The van der Waals surface area contributed by atoms with Crippen LogP contribution in [0.25, 0.3) is 0 Å². The second-order valence-electron chi connectivity index (χ2n) is 8.72. The van der Waals surface area contributed by atoms with Crippen LogP contribution in [0, 0.1) is 23.2 Å². The molecule has 4 aliphatic rings. The van der Waals surface area contributed by atoms with Crippen molar-refractivity contribution in [1.82, 2.24) is 5.32 Å². The molecule has 2 unspecified atom stereocenters. The first-order valence-corrected chi connectivity index (χ1v) is 9.85. The zero-order valence-corrected chi connectivity index (χ0v) is 15.2. The summed E-state index contributed by atoms with van der Waals surface area (Å²) in [6, 6.07) is 4.23. The van der Waals surface area contributed by atoms with Crippen molar-refractivity contribution in [3.8, 4) is 0 Å². The molecule has 1 aromatic rings. The van der Waals surface area contributed by atoms with Crippen molar-refractivity contribution in [3.63, 3.8) is 0 Å². The molecule has 0 spiro atoms. The Balaban J connectivity index is 1.53. The van der Waals surface area contributed by atoms with Crippen LogP contribution in [0.5, 0.6) is 0 Å². The lowest BCUT2D eigenvalue weighted by Crippen LogP contribution is -2.63. The molecule has 4 fully saturated rings. The summed E-state index contributed by atoms with van der Waals surface area (Å²) in [5.41, 5.74) is 4.95. The lowest BCUT2D eigenvalue weighted by atomic mass is 9.47. The molecule has 2 atom stereocenters. The van der Waals surface area contributed by atoms with Gasteiger partial charge in [-0.15, -0.1) is 11.3 Å². The lowest BCUT2D eigenvalue weighted by Gasteiger charge is -2.59. The number of amides is 2. The Labute approximate surface area is 147 Å². The smallest absolute Gasteiger partial charge is 0.231 e. The quantitative estimate of drug-likeness (QED) is 0.880. The lowest BCUT2D eigenvalue weighted by molar-refractivity contribution is -0.148. The maximum atomic E-state index is 13.0. The van der Waals surface area contributed by atoms with Crippen LogP contribution in [0.3, 0.4) is 0 Å². The number of thiophene rings is 1. The van der Waals surface area contributed by atoms with Gasteiger partial charge in [-0.25, -0.2) is 0 Å². The monoisotopic (exact) mass is 346 g/mol. The van der Waals surface area contributed by atoms with Crippen LogP contribution in [0.1, 0.15) is 50.8 Å². The van der Waals surface area contributed by atoms with Crippen LogP contribution in [0.2, 0.25) is 0 Å². The minimum absolute atomic E-state index is 0.107. The van der Waals surface area contributed by atoms with Gasteiger partial charge in [-0.3, -0.25) is 9.59 Å². The summed E-state index contributed by atoms with van der Waals surface area (Å²) in [6.07, 6.45) is 4.96. The van der Waals surface area contributed by atoms with Crippen molar-refractivity contribution >= 4 is 23.2 Å². The molecule has 1 aromatic heterocycles. The van der Waals surface area contributed by atoms with Crippen molar-refractivity contribution in [2.75, 3.05) is 0 Å². The van der Waals surface area contributed by atoms with Crippen molar-refractivity contribution in [3.05, 3.63) is 22.4 Å². The third-order valence-corrected chi connectivity index (χ3v) is 7.99. The van der Waals surface area contributed by atoms with E-state index in [0.29, 0.717) is 17.8 Å². The predicted molar refractivity (Wildman–Crippen MR) is 94.5 cm³/mol. The molecule has 3 N–H and O–H groups in total. The molecule has 4 aliphatic carbocycles. The van der Waals surface area contributed by atoms with Gasteiger partial charge in [0, 0.05) is 16.3 Å². The van der Waals surface area contributed by atoms with E-state index in [0.717, 1.165) is 37.0 Å². The summed E-state index contributed by atoms with van der Waals surface area (Å²) < 4.78 is 0. The SMILES string of the molecule is CC(C)(C(=O)NC1C2CC3CC1CC(C(N)=O)(C3)C2)c1cccs1. The third-order valence-electron chi connectivity index (χ3n) is 6.80. The van der Waals surface area contributed by atoms with E-state index in [4.69, 9.17) is 5.73 Å². The van der Waals surface area contributed by atoms with E-state index in [1.807, 2.05) is 31.4 Å². The van der Waals surface area contributed by atoms with Crippen LogP contribution in [-0.4, -0.2) is 17.9 Å². The number of hydrogen-bond acceptors (Lipinski definition) is 3. The fraction of sp³-hybridized carbons (Fsp3) is 0.684. The van der Waals surface area contributed by atoms with Gasteiger partial charge in [0.2, 0.25) is 11.8 Å². The van der Waals surface area contributed by atoms with Crippen LogP contribution in [0.15, 0.2) is 17.5 Å². The fourth-order valence-electron chi connectivity index (χ4n) is 5.64. The maximum Gasteiger partial charge on any atom is 0.231 e. The molecule has 0 saturated heterocycles. The second-order valence-corrected chi connectivity index (χ2v) is 9.66. The van der Waals surface area contributed by atoms with Crippen molar-refractivity contribution in [2.24, 2.45) is 28.9 Å². The van der Waals surface area contributed by atoms with Gasteiger partial charge in [-0.1, -0.05) is 6.07 Å². The molecular weight excluding hydrogens is 320 g/mol. The number of primary amides is 1. The Morgan fingerprint density at radius 1 is 1.25 bits per heavy atom. The number of nitrogens with one attached hydrogen (secondary N) is 1. The highest BCUT2D eigenvalue weighted by Crippen LogP contribution is 2.60. The Kier molecular flexibility index (Phi) is 3.57. The Bertz CT molecular complexity index is 651. The average Bonchev–Trinajstić information content (AvgIpc) is 3.05. The number of hydrogen-bond donors (Lipinski definition) is 2. The van der Waals surface area contributed by atoms with Gasteiger partial charge in [0.05, 0.1) is 5.41 Å². The van der Waals surface area contributed by atoms with E-state index in [1.54, 1.807) is 11.3 Å². The highest BCUT2D eigenvalue weighted by atomic mass is 32.1. The second kappa shape index (κ2) is 5.32. The number of carbonyl (C=O) groups excluding carboxylic acids is 2. The predicted octanol–water partition coefficient (Wildman–Crippen LogP) is 2.82. The topological polar surface area (TPSA) is 72.2 Å². The molecule has 0 aliphatic heterocycles. The molecular formula is C19H26N2O2S. The molecule has 5 heteroatoms. The normalized spacial score (nSPS) is 37.4. The molecule has 4 bridgehead atoms. The molecule has 1 heterocycles. The van der Waals surface area contributed by atoms with Crippen LogP contribution >= 0.6 is 11.3 Å². The van der Waals surface area contributed by atoms with E-state index >= 15 is 0 Å². The zero-order chi connectivity index (χ0) is 17.1. The molecule has 130 valence electrons. The molecule has 4 saturated carbocycles. The average molecular weight is 346 g/mol. The minimum atomic E-state index is -0.510. The summed E-state index contributed by atoms with van der Waals surface area (Å²) in [4.78, 5) is 26.1. The first kappa shape index (κ1) is 16.1. The van der Waals surface area contributed by atoms with Crippen molar-refractivity contribution in [2.45, 2.75) is 57.4 Å². The summed E-state index contributed by atoms with van der Waals surface area (Å²) in [5, 5.41) is 5.38. The third kappa shape index (κ3) is 2.32. The summed E-state index contributed by atoms with van der Waals surface area (Å²) in [5.74, 6) is 1.42. The van der Waals surface area contributed by atoms with Crippen LogP contribution in [0.4, 0.5) is 0 Å². The Morgan fingerprint density at radius 3 is 2.46 bits per heavy atom. The first-order valence-electron chi connectivity index (χ1n) is 8.97. The Morgan fingerprint density at radius 2 is 1.92 bits per heavy atom. The maximum absolute atomic E-state index is 13.0. The van der Waals surface area contributed by atoms with E-state index in [9.17, 15) is 9.59 Å². The summed E-state index contributed by atoms with van der Waals surface area (Å²) in [7, 11) is 0. The van der Waals surface area contributed by atoms with Gasteiger partial charge in [-0.05, 0) is 75.2 Å². The number of nitrogens with two attached hydrogens (primary N) is 1. The molecule has 2 amide bonds. The number of carbonyl (C=O) groups is 2. The number of rotatable bonds is 4.